The summed E-state index contributed by atoms with van der Waals surface area (Å²) >= 11 is 6.21. The highest BCUT2D eigenvalue weighted by Gasteiger charge is 2.22. The summed E-state index contributed by atoms with van der Waals surface area (Å²) in [6.07, 6.45) is 1.26. The van der Waals surface area contributed by atoms with Gasteiger partial charge in [0.1, 0.15) is 17.5 Å². The van der Waals surface area contributed by atoms with Crippen LogP contribution in [0.25, 0.3) is 22.1 Å². The zero-order chi connectivity index (χ0) is 20.5. The van der Waals surface area contributed by atoms with E-state index in [0.717, 1.165) is 18.2 Å². The van der Waals surface area contributed by atoms with Crippen molar-refractivity contribution in [1.29, 1.82) is 0 Å². The number of aromatic nitrogens is 2. The second-order valence-electron chi connectivity index (χ2n) is 6.01. The van der Waals surface area contributed by atoms with Gasteiger partial charge in [-0.25, -0.2) is 22.2 Å². The maximum Gasteiger partial charge on any atom is 0.243 e. The number of fused-ring (bicyclic) bond motifs is 1. The van der Waals surface area contributed by atoms with E-state index in [1.165, 1.54) is 22.5 Å². The highest BCUT2D eigenvalue weighted by molar-refractivity contribution is 7.89. The van der Waals surface area contributed by atoms with Crippen molar-refractivity contribution in [2.24, 2.45) is 0 Å². The van der Waals surface area contributed by atoms with Gasteiger partial charge in [-0.1, -0.05) is 25.4 Å². The van der Waals surface area contributed by atoms with Crippen LogP contribution >= 0.6 is 11.6 Å². The van der Waals surface area contributed by atoms with E-state index in [0.29, 0.717) is 24.1 Å². The molecule has 3 rings (SSSR count). The SMILES string of the molecule is CCN(CC)S(=O)(=O)c1ccc2nc(/C(Cl)=C/c3cc(F)ccc3F)[nH]c2c1. The van der Waals surface area contributed by atoms with E-state index in [9.17, 15) is 17.2 Å². The molecule has 0 amide bonds. The molecule has 0 aliphatic carbocycles. The van der Waals surface area contributed by atoms with Gasteiger partial charge in [-0.05, 0) is 42.5 Å². The molecule has 0 saturated carbocycles. The predicted octanol–water partition coefficient (Wildman–Crippen LogP) is 4.61. The molecule has 1 aromatic heterocycles. The Morgan fingerprint density at radius 2 is 1.89 bits per heavy atom. The van der Waals surface area contributed by atoms with Crippen molar-refractivity contribution in [2.45, 2.75) is 18.7 Å². The van der Waals surface area contributed by atoms with Crippen LogP contribution in [-0.4, -0.2) is 35.8 Å². The summed E-state index contributed by atoms with van der Waals surface area (Å²) < 4.78 is 53.8. The molecule has 0 fully saturated rings. The lowest BCUT2D eigenvalue weighted by molar-refractivity contribution is 0.445. The van der Waals surface area contributed by atoms with Gasteiger partial charge in [-0.15, -0.1) is 0 Å². The molecule has 1 N–H and O–H groups in total. The van der Waals surface area contributed by atoms with Crippen molar-refractivity contribution < 1.29 is 17.2 Å². The highest BCUT2D eigenvalue weighted by Crippen LogP contribution is 2.26. The Labute approximate surface area is 166 Å². The maximum atomic E-state index is 13.8. The van der Waals surface area contributed by atoms with Gasteiger partial charge in [0.25, 0.3) is 0 Å². The minimum absolute atomic E-state index is 0.0183. The molecule has 1 heterocycles. The summed E-state index contributed by atoms with van der Waals surface area (Å²) in [4.78, 5) is 7.35. The van der Waals surface area contributed by atoms with Crippen molar-refractivity contribution >= 4 is 43.8 Å². The fourth-order valence-electron chi connectivity index (χ4n) is 2.80. The Kier molecular flexibility index (Phi) is 5.83. The number of aromatic amines is 1. The van der Waals surface area contributed by atoms with Crippen LogP contribution in [0.5, 0.6) is 0 Å². The van der Waals surface area contributed by atoms with Crippen molar-refractivity contribution in [3.05, 3.63) is 59.4 Å². The first kappa shape index (κ1) is 20.4. The van der Waals surface area contributed by atoms with E-state index in [-0.39, 0.29) is 21.3 Å². The van der Waals surface area contributed by atoms with Gasteiger partial charge < -0.3 is 4.98 Å². The first-order chi connectivity index (χ1) is 13.3. The number of hydrogen-bond donors (Lipinski definition) is 1. The van der Waals surface area contributed by atoms with Crippen molar-refractivity contribution in [2.75, 3.05) is 13.1 Å². The fraction of sp³-hybridized carbons (Fsp3) is 0.211. The van der Waals surface area contributed by atoms with E-state index in [4.69, 9.17) is 11.6 Å². The number of sulfonamides is 1. The quantitative estimate of drug-likeness (QED) is 0.627. The van der Waals surface area contributed by atoms with Crippen LogP contribution in [0.4, 0.5) is 8.78 Å². The lowest BCUT2D eigenvalue weighted by atomic mass is 10.2. The van der Waals surface area contributed by atoms with Gasteiger partial charge in [0.2, 0.25) is 10.0 Å². The lowest BCUT2D eigenvalue weighted by Gasteiger charge is -2.18. The third-order valence-corrected chi connectivity index (χ3v) is 6.60. The molecular formula is C19H18ClF2N3O2S. The van der Waals surface area contributed by atoms with Gasteiger partial charge in [0, 0.05) is 18.7 Å². The number of hydrogen-bond acceptors (Lipinski definition) is 3. The molecule has 0 radical (unpaired) electrons. The molecule has 0 atom stereocenters. The van der Waals surface area contributed by atoms with Crippen LogP contribution in [0.2, 0.25) is 0 Å². The molecule has 0 bridgehead atoms. The second-order valence-corrected chi connectivity index (χ2v) is 8.36. The molecule has 0 spiro atoms. The number of nitrogens with one attached hydrogen (secondary N) is 1. The Balaban J connectivity index is 2.01. The smallest absolute Gasteiger partial charge is 0.243 e. The van der Waals surface area contributed by atoms with Crippen LogP contribution in [0, 0.1) is 11.6 Å². The summed E-state index contributed by atoms with van der Waals surface area (Å²) in [5.74, 6) is -0.992. The van der Waals surface area contributed by atoms with E-state index < -0.39 is 21.7 Å². The standard InChI is InChI=1S/C19H18ClF2N3O2S/c1-3-25(4-2)28(26,27)14-6-8-17-18(11-14)24-19(23-17)15(20)10-12-9-13(21)5-7-16(12)22/h5-11H,3-4H2,1-2H3,(H,23,24)/b15-10-. The molecule has 3 aromatic rings. The molecule has 28 heavy (non-hydrogen) atoms. The Bertz CT molecular complexity index is 1160. The zero-order valence-electron chi connectivity index (χ0n) is 15.2. The first-order valence-electron chi connectivity index (χ1n) is 8.58. The van der Waals surface area contributed by atoms with Crippen molar-refractivity contribution in [3.8, 4) is 0 Å². The normalized spacial score (nSPS) is 12.9. The minimum Gasteiger partial charge on any atom is -0.337 e. The number of nitrogens with zero attached hydrogens (tertiary/aromatic N) is 2. The largest absolute Gasteiger partial charge is 0.337 e. The minimum atomic E-state index is -3.62. The average Bonchev–Trinajstić information content (AvgIpc) is 3.09. The summed E-state index contributed by atoms with van der Waals surface area (Å²) in [5.41, 5.74) is 0.949. The zero-order valence-corrected chi connectivity index (χ0v) is 16.8. The number of benzene rings is 2. The van der Waals surface area contributed by atoms with Gasteiger partial charge in [-0.2, -0.15) is 4.31 Å². The average molecular weight is 426 g/mol. The highest BCUT2D eigenvalue weighted by atomic mass is 35.5. The second kappa shape index (κ2) is 7.98. The molecule has 0 aliphatic rings. The first-order valence-corrected chi connectivity index (χ1v) is 10.4. The van der Waals surface area contributed by atoms with Gasteiger partial charge >= 0.3 is 0 Å². The van der Waals surface area contributed by atoms with E-state index in [2.05, 4.69) is 9.97 Å². The van der Waals surface area contributed by atoms with Crippen LogP contribution in [-0.2, 0) is 10.0 Å². The van der Waals surface area contributed by atoms with Gasteiger partial charge in [-0.3, -0.25) is 0 Å². The third-order valence-electron chi connectivity index (χ3n) is 4.26. The van der Waals surface area contributed by atoms with Crippen molar-refractivity contribution in [3.63, 3.8) is 0 Å². The van der Waals surface area contributed by atoms with Crippen LogP contribution in [0.3, 0.4) is 0 Å². The summed E-state index contributed by atoms with van der Waals surface area (Å²) in [5, 5.41) is 0.0638. The lowest BCUT2D eigenvalue weighted by Crippen LogP contribution is -2.30. The number of halogens is 3. The molecule has 148 valence electrons. The molecule has 5 nitrogen and oxygen atoms in total. The van der Waals surface area contributed by atoms with E-state index >= 15 is 0 Å². The van der Waals surface area contributed by atoms with Crippen LogP contribution < -0.4 is 0 Å². The van der Waals surface area contributed by atoms with Gasteiger partial charge in [0.15, 0.2) is 0 Å². The predicted molar refractivity (Wildman–Crippen MR) is 106 cm³/mol. The molecule has 0 aliphatic heterocycles. The van der Waals surface area contributed by atoms with E-state index in [1.807, 2.05) is 0 Å². The molecular weight excluding hydrogens is 408 g/mol. The van der Waals surface area contributed by atoms with E-state index in [1.54, 1.807) is 19.9 Å². The van der Waals surface area contributed by atoms with Crippen molar-refractivity contribution in [1.82, 2.24) is 14.3 Å². The molecule has 0 saturated heterocycles. The Morgan fingerprint density at radius 1 is 1.18 bits per heavy atom. The van der Waals surface area contributed by atoms with Crippen LogP contribution in [0.1, 0.15) is 25.2 Å². The molecule has 2 aromatic carbocycles. The number of rotatable bonds is 6. The third kappa shape index (κ3) is 3.94. The maximum absolute atomic E-state index is 13.8. The topological polar surface area (TPSA) is 66.1 Å². The summed E-state index contributed by atoms with van der Waals surface area (Å²) in [7, 11) is -3.62. The Hall–Kier alpha value is -2.29. The summed E-state index contributed by atoms with van der Waals surface area (Å²) in [6, 6.07) is 7.57. The molecule has 0 unspecified atom stereocenters. The monoisotopic (exact) mass is 425 g/mol. The fourth-order valence-corrected chi connectivity index (χ4v) is 4.50. The van der Waals surface area contributed by atoms with Gasteiger partial charge in [0.05, 0.1) is 21.0 Å². The number of imidazole rings is 1. The summed E-state index contributed by atoms with van der Waals surface area (Å²) in [6.45, 7) is 4.26. The molecule has 9 heteroatoms. The Morgan fingerprint density at radius 3 is 2.57 bits per heavy atom. The van der Waals surface area contributed by atoms with Crippen LogP contribution in [0.15, 0.2) is 41.3 Å². The number of H-pyrrole nitrogens is 1.